The summed E-state index contributed by atoms with van der Waals surface area (Å²) in [4.78, 5) is 0. The Morgan fingerprint density at radius 1 is 0.429 bits per heavy atom. The average Bonchev–Trinajstić information content (AvgIpc) is 2.55. The lowest BCUT2D eigenvalue weighted by molar-refractivity contribution is 1.75. The van der Waals surface area contributed by atoms with Crippen LogP contribution in [0.4, 0.5) is 0 Å². The molecule has 0 aromatic heterocycles. The molecular weight excluding hydrogens is 276 g/mol. The highest BCUT2D eigenvalue weighted by atomic mass is 35.5. The van der Waals surface area contributed by atoms with Crippen LogP contribution >= 0.6 is 11.6 Å². The van der Waals surface area contributed by atoms with Gasteiger partial charge in [0.1, 0.15) is 0 Å². The number of benzene rings is 4. The van der Waals surface area contributed by atoms with E-state index in [2.05, 4.69) is 60.7 Å². The van der Waals surface area contributed by atoms with Crippen molar-refractivity contribution in [3.8, 4) is 0 Å². The van der Waals surface area contributed by atoms with Crippen molar-refractivity contribution in [3.63, 3.8) is 0 Å². The van der Waals surface area contributed by atoms with Crippen LogP contribution in [0.5, 0.6) is 0 Å². The molecule has 0 heterocycles. The topological polar surface area (TPSA) is 0 Å². The summed E-state index contributed by atoms with van der Waals surface area (Å²) in [5.74, 6) is 0. The monoisotopic (exact) mass is 290 g/mol. The van der Waals surface area contributed by atoms with Gasteiger partial charge in [-0.05, 0) is 33.7 Å². The molecule has 102 valence electrons. The quantitative estimate of drug-likeness (QED) is 0.355. The largest absolute Gasteiger partial charge is 0.0843 e. The number of rotatable bonds is 0. The van der Waals surface area contributed by atoms with Crippen LogP contribution in [-0.2, 0) is 0 Å². The molecular formula is C20H15Cl. The average molecular weight is 291 g/mol. The summed E-state index contributed by atoms with van der Waals surface area (Å²) in [6.07, 6.45) is 0. The highest BCUT2D eigenvalue weighted by molar-refractivity contribution is 6.31. The Morgan fingerprint density at radius 2 is 0.810 bits per heavy atom. The van der Waals surface area contributed by atoms with Crippen LogP contribution in [0.25, 0.3) is 21.5 Å². The van der Waals surface area contributed by atoms with E-state index < -0.39 is 0 Å². The summed E-state index contributed by atoms with van der Waals surface area (Å²) in [6, 6.07) is 30.8. The molecule has 0 unspecified atom stereocenters. The molecule has 4 rings (SSSR count). The lowest BCUT2D eigenvalue weighted by atomic mass is 10.1. The number of fused-ring (bicyclic) bond motifs is 2. The minimum atomic E-state index is 0.795. The maximum Gasteiger partial charge on any atom is 0.0412 e. The Kier molecular flexibility index (Phi) is 4.18. The molecule has 0 N–H and O–H groups in total. The smallest absolute Gasteiger partial charge is 0.0412 e. The molecule has 0 aliphatic heterocycles. The van der Waals surface area contributed by atoms with E-state index in [0.29, 0.717) is 0 Å². The van der Waals surface area contributed by atoms with Gasteiger partial charge in [0.25, 0.3) is 0 Å². The van der Waals surface area contributed by atoms with Gasteiger partial charge in [-0.15, -0.1) is 0 Å². The van der Waals surface area contributed by atoms with Gasteiger partial charge in [0.15, 0.2) is 0 Å². The molecule has 0 bridgehead atoms. The first kappa shape index (κ1) is 13.7. The molecule has 4 aromatic rings. The van der Waals surface area contributed by atoms with E-state index in [1.54, 1.807) is 0 Å². The Bertz CT molecular complexity index is 800. The van der Waals surface area contributed by atoms with Crippen molar-refractivity contribution in [2.75, 3.05) is 0 Å². The van der Waals surface area contributed by atoms with Crippen molar-refractivity contribution >= 4 is 33.1 Å². The molecule has 4 aromatic carbocycles. The first-order chi connectivity index (χ1) is 10.3. The van der Waals surface area contributed by atoms with Crippen molar-refractivity contribution < 1.29 is 0 Å². The predicted molar refractivity (Wildman–Crippen MR) is 92.9 cm³/mol. The number of hydrogen-bond donors (Lipinski definition) is 0. The summed E-state index contributed by atoms with van der Waals surface area (Å²) in [6.45, 7) is 0. The fourth-order valence-corrected chi connectivity index (χ4v) is 2.47. The Morgan fingerprint density at radius 3 is 1.29 bits per heavy atom. The summed E-state index contributed by atoms with van der Waals surface area (Å²) in [5.41, 5.74) is 0. The zero-order valence-corrected chi connectivity index (χ0v) is 12.3. The van der Waals surface area contributed by atoms with Crippen LogP contribution < -0.4 is 0 Å². The van der Waals surface area contributed by atoms with E-state index >= 15 is 0 Å². The van der Waals surface area contributed by atoms with Crippen molar-refractivity contribution in [1.29, 1.82) is 0 Å². The zero-order valence-electron chi connectivity index (χ0n) is 11.5. The van der Waals surface area contributed by atoms with Gasteiger partial charge in [-0.1, -0.05) is 90.5 Å². The second-order valence-electron chi connectivity index (χ2n) is 4.84. The van der Waals surface area contributed by atoms with Gasteiger partial charge in [-0.25, -0.2) is 0 Å². The number of hydrogen-bond acceptors (Lipinski definition) is 0. The van der Waals surface area contributed by atoms with Crippen molar-refractivity contribution in [3.05, 3.63) is 96.0 Å². The van der Waals surface area contributed by atoms with E-state index in [0.717, 1.165) is 5.02 Å². The van der Waals surface area contributed by atoms with Crippen LogP contribution in [0, 0.1) is 0 Å². The minimum absolute atomic E-state index is 0.795. The Hall–Kier alpha value is -2.31. The zero-order chi connectivity index (χ0) is 14.5. The van der Waals surface area contributed by atoms with E-state index in [1.165, 1.54) is 21.5 Å². The third kappa shape index (κ3) is 3.42. The summed E-state index contributed by atoms with van der Waals surface area (Å²) >= 11 is 5.82. The van der Waals surface area contributed by atoms with E-state index in [9.17, 15) is 0 Å². The molecule has 0 saturated carbocycles. The van der Waals surface area contributed by atoms with Gasteiger partial charge in [-0.2, -0.15) is 0 Å². The standard InChI is InChI=1S/C10H7Cl.C10H8/c11-10-6-5-8-3-1-2-4-9(8)7-10;1-2-6-10-8-4-3-7-9(10)5-1/h1-7H;1-8H. The second kappa shape index (κ2) is 6.43. The van der Waals surface area contributed by atoms with Gasteiger partial charge in [-0.3, -0.25) is 0 Å². The highest BCUT2D eigenvalue weighted by Crippen LogP contribution is 2.18. The molecule has 0 radical (unpaired) electrons. The van der Waals surface area contributed by atoms with Gasteiger partial charge < -0.3 is 0 Å². The summed E-state index contributed by atoms with van der Waals surface area (Å²) in [5, 5.41) is 5.84. The molecule has 1 heteroatoms. The molecule has 21 heavy (non-hydrogen) atoms. The van der Waals surface area contributed by atoms with Gasteiger partial charge in [0.05, 0.1) is 0 Å². The fourth-order valence-electron chi connectivity index (χ4n) is 2.29. The van der Waals surface area contributed by atoms with Crippen LogP contribution in [0.2, 0.25) is 5.02 Å². The number of halogens is 1. The first-order valence-corrected chi connectivity index (χ1v) is 7.29. The van der Waals surface area contributed by atoms with Crippen LogP contribution in [0.3, 0.4) is 0 Å². The molecule has 0 aliphatic rings. The molecule has 0 aliphatic carbocycles. The third-order valence-electron chi connectivity index (χ3n) is 3.37. The van der Waals surface area contributed by atoms with E-state index in [4.69, 9.17) is 11.6 Å². The van der Waals surface area contributed by atoms with Crippen LogP contribution in [0.1, 0.15) is 0 Å². The third-order valence-corrected chi connectivity index (χ3v) is 3.61. The predicted octanol–water partition coefficient (Wildman–Crippen LogP) is 6.33. The first-order valence-electron chi connectivity index (χ1n) is 6.91. The van der Waals surface area contributed by atoms with Gasteiger partial charge >= 0.3 is 0 Å². The maximum absolute atomic E-state index is 5.82. The second-order valence-corrected chi connectivity index (χ2v) is 5.28. The lowest BCUT2D eigenvalue weighted by Gasteiger charge is -1.95. The van der Waals surface area contributed by atoms with E-state index in [1.807, 2.05) is 30.3 Å². The molecule has 0 nitrogen and oxygen atoms in total. The van der Waals surface area contributed by atoms with E-state index in [-0.39, 0.29) is 0 Å². The summed E-state index contributed by atoms with van der Waals surface area (Å²) in [7, 11) is 0. The maximum atomic E-state index is 5.82. The Labute approximate surface area is 129 Å². The van der Waals surface area contributed by atoms with Crippen molar-refractivity contribution in [1.82, 2.24) is 0 Å². The highest BCUT2D eigenvalue weighted by Gasteiger charge is 1.91. The molecule has 0 atom stereocenters. The minimum Gasteiger partial charge on any atom is -0.0843 e. The normalized spacial score (nSPS) is 10.1. The van der Waals surface area contributed by atoms with Gasteiger partial charge in [0.2, 0.25) is 0 Å². The van der Waals surface area contributed by atoms with Crippen molar-refractivity contribution in [2.45, 2.75) is 0 Å². The Balaban J connectivity index is 0.000000126. The molecule has 0 spiro atoms. The van der Waals surface area contributed by atoms with Gasteiger partial charge in [0, 0.05) is 5.02 Å². The lowest BCUT2D eigenvalue weighted by Crippen LogP contribution is -1.69. The molecule has 0 amide bonds. The fraction of sp³-hybridized carbons (Fsp3) is 0. The van der Waals surface area contributed by atoms with Crippen LogP contribution in [0.15, 0.2) is 91.0 Å². The molecule has 0 fully saturated rings. The van der Waals surface area contributed by atoms with Crippen molar-refractivity contribution in [2.24, 2.45) is 0 Å². The molecule has 0 saturated heterocycles. The summed E-state index contributed by atoms with van der Waals surface area (Å²) < 4.78 is 0. The van der Waals surface area contributed by atoms with Crippen LogP contribution in [-0.4, -0.2) is 0 Å². The SMILES string of the molecule is Clc1ccc2ccccc2c1.c1ccc2ccccc2c1.